The molecule has 0 aliphatic heterocycles. The van der Waals surface area contributed by atoms with Gasteiger partial charge in [-0.25, -0.2) is 4.21 Å². The lowest BCUT2D eigenvalue weighted by molar-refractivity contribution is 0.340. The summed E-state index contributed by atoms with van der Waals surface area (Å²) in [5.41, 5.74) is 1.04. The highest BCUT2D eigenvalue weighted by molar-refractivity contribution is 7.79. The monoisotopic (exact) mass is 170 g/mol. The molecule has 0 N–H and O–H groups in total. The maximum Gasteiger partial charge on any atom is 0.152 e. The van der Waals surface area contributed by atoms with Crippen molar-refractivity contribution in [2.24, 2.45) is 0 Å². The summed E-state index contributed by atoms with van der Waals surface area (Å²) in [6, 6.07) is 9.67. The molecule has 1 aromatic rings. The zero-order chi connectivity index (χ0) is 8.10. The van der Waals surface area contributed by atoms with Crippen molar-refractivity contribution >= 4 is 11.1 Å². The van der Waals surface area contributed by atoms with Crippen LogP contribution in [0.5, 0.6) is 0 Å². The van der Waals surface area contributed by atoms with Crippen LogP contribution in [0.15, 0.2) is 30.3 Å². The van der Waals surface area contributed by atoms with Crippen LogP contribution in [0.3, 0.4) is 0 Å². The van der Waals surface area contributed by atoms with Crippen LogP contribution >= 0.6 is 0 Å². The van der Waals surface area contributed by atoms with E-state index >= 15 is 0 Å². The van der Waals surface area contributed by atoms with Crippen molar-refractivity contribution < 1.29 is 8.39 Å². The molecule has 1 aromatic carbocycles. The van der Waals surface area contributed by atoms with Gasteiger partial charge in [-0.1, -0.05) is 30.3 Å². The van der Waals surface area contributed by atoms with Gasteiger partial charge >= 0.3 is 0 Å². The Morgan fingerprint density at radius 2 is 2.00 bits per heavy atom. The zero-order valence-electron chi connectivity index (χ0n) is 6.32. The Kier molecular flexibility index (Phi) is 3.26. The van der Waals surface area contributed by atoms with E-state index < -0.39 is 11.1 Å². The van der Waals surface area contributed by atoms with Crippen molar-refractivity contribution in [3.63, 3.8) is 0 Å². The second-order valence-corrected chi connectivity index (χ2v) is 3.19. The van der Waals surface area contributed by atoms with Crippen molar-refractivity contribution in [2.75, 3.05) is 6.26 Å². The molecule has 1 rings (SSSR count). The van der Waals surface area contributed by atoms with Crippen molar-refractivity contribution in [1.29, 1.82) is 0 Å². The van der Waals surface area contributed by atoms with Gasteiger partial charge in [-0.05, 0) is 5.56 Å². The number of hydrogen-bond donors (Lipinski definition) is 0. The van der Waals surface area contributed by atoms with Crippen LogP contribution in [-0.2, 0) is 21.9 Å². The predicted molar refractivity (Wildman–Crippen MR) is 45.3 cm³/mol. The van der Waals surface area contributed by atoms with E-state index in [1.54, 1.807) is 0 Å². The molecule has 0 radical (unpaired) electrons. The molecule has 0 saturated carbocycles. The zero-order valence-corrected chi connectivity index (χ0v) is 7.14. The van der Waals surface area contributed by atoms with Gasteiger partial charge in [0.1, 0.15) is 0 Å². The molecule has 3 heteroatoms. The minimum Gasteiger partial charge on any atom is -0.286 e. The fourth-order valence-corrected chi connectivity index (χ4v) is 1.03. The maximum absolute atomic E-state index is 10.5. The molecule has 0 aromatic heterocycles. The molecule has 2 nitrogen and oxygen atoms in total. The summed E-state index contributed by atoms with van der Waals surface area (Å²) in [5.74, 6) is 0. The SMILES string of the molecule is CS(=O)OCc1ccccc1. The number of benzene rings is 1. The molecule has 0 bridgehead atoms. The van der Waals surface area contributed by atoms with E-state index in [0.29, 0.717) is 6.61 Å². The first-order valence-electron chi connectivity index (χ1n) is 3.29. The lowest BCUT2D eigenvalue weighted by Crippen LogP contribution is -1.94. The van der Waals surface area contributed by atoms with E-state index in [-0.39, 0.29) is 0 Å². The Hall–Kier alpha value is -0.670. The van der Waals surface area contributed by atoms with Gasteiger partial charge in [-0.3, -0.25) is 4.18 Å². The van der Waals surface area contributed by atoms with Gasteiger partial charge in [0, 0.05) is 6.26 Å². The van der Waals surface area contributed by atoms with Crippen LogP contribution in [0.25, 0.3) is 0 Å². The molecule has 1 unspecified atom stereocenters. The average Bonchev–Trinajstić information content (AvgIpc) is 2.03. The Morgan fingerprint density at radius 3 is 2.55 bits per heavy atom. The van der Waals surface area contributed by atoms with Crippen molar-refractivity contribution in [2.45, 2.75) is 6.61 Å². The largest absolute Gasteiger partial charge is 0.286 e. The predicted octanol–water partition coefficient (Wildman–Crippen LogP) is 1.50. The lowest BCUT2D eigenvalue weighted by atomic mass is 10.2. The molecule has 60 valence electrons. The topological polar surface area (TPSA) is 26.3 Å². The quantitative estimate of drug-likeness (QED) is 0.687. The number of hydrogen-bond acceptors (Lipinski definition) is 2. The molecule has 11 heavy (non-hydrogen) atoms. The average molecular weight is 170 g/mol. The molecule has 0 fully saturated rings. The van der Waals surface area contributed by atoms with Crippen LogP contribution in [0.1, 0.15) is 5.56 Å². The molecular weight excluding hydrogens is 160 g/mol. The third kappa shape index (κ3) is 3.30. The summed E-state index contributed by atoms with van der Waals surface area (Å²) < 4.78 is 15.4. The smallest absolute Gasteiger partial charge is 0.152 e. The van der Waals surface area contributed by atoms with Crippen LogP contribution in [0.2, 0.25) is 0 Å². The Labute approximate surface area is 68.9 Å². The van der Waals surface area contributed by atoms with E-state index in [0.717, 1.165) is 5.56 Å². The van der Waals surface area contributed by atoms with E-state index in [1.165, 1.54) is 6.26 Å². The van der Waals surface area contributed by atoms with Crippen LogP contribution < -0.4 is 0 Å². The summed E-state index contributed by atoms with van der Waals surface area (Å²) in [6.07, 6.45) is 1.52. The third-order valence-electron chi connectivity index (χ3n) is 1.23. The second kappa shape index (κ2) is 4.26. The van der Waals surface area contributed by atoms with E-state index in [9.17, 15) is 4.21 Å². The first-order chi connectivity index (χ1) is 5.29. The maximum atomic E-state index is 10.5. The summed E-state index contributed by atoms with van der Waals surface area (Å²) >= 11 is -1.17. The molecule has 1 atom stereocenters. The highest BCUT2D eigenvalue weighted by Gasteiger charge is 1.92. The number of rotatable bonds is 3. The summed E-state index contributed by atoms with van der Waals surface area (Å²) in [7, 11) is 0. The minimum absolute atomic E-state index is 0.421. The normalized spacial score (nSPS) is 12.8. The van der Waals surface area contributed by atoms with Gasteiger partial charge in [-0.15, -0.1) is 0 Å². The van der Waals surface area contributed by atoms with E-state index in [4.69, 9.17) is 4.18 Å². The van der Waals surface area contributed by atoms with Crippen molar-refractivity contribution in [1.82, 2.24) is 0 Å². The van der Waals surface area contributed by atoms with E-state index in [1.807, 2.05) is 30.3 Å². The first-order valence-corrected chi connectivity index (χ1v) is 4.78. The first kappa shape index (κ1) is 8.43. The fourth-order valence-electron chi connectivity index (χ4n) is 0.725. The van der Waals surface area contributed by atoms with Gasteiger partial charge in [0.25, 0.3) is 0 Å². The highest BCUT2D eigenvalue weighted by atomic mass is 32.2. The van der Waals surface area contributed by atoms with Gasteiger partial charge < -0.3 is 0 Å². The van der Waals surface area contributed by atoms with Gasteiger partial charge in [-0.2, -0.15) is 0 Å². The van der Waals surface area contributed by atoms with Crippen molar-refractivity contribution in [3.05, 3.63) is 35.9 Å². The van der Waals surface area contributed by atoms with Crippen LogP contribution in [0, 0.1) is 0 Å². The van der Waals surface area contributed by atoms with Gasteiger partial charge in [0.15, 0.2) is 11.1 Å². The molecule has 0 aliphatic carbocycles. The summed E-state index contributed by atoms with van der Waals surface area (Å²) in [6.45, 7) is 0.421. The Morgan fingerprint density at radius 1 is 1.36 bits per heavy atom. The summed E-state index contributed by atoms with van der Waals surface area (Å²) in [5, 5.41) is 0. The van der Waals surface area contributed by atoms with Gasteiger partial charge in [0.05, 0.1) is 6.61 Å². The Balaban J connectivity index is 2.45. The molecule has 0 heterocycles. The Bertz CT molecular complexity index is 233. The van der Waals surface area contributed by atoms with Gasteiger partial charge in [0.2, 0.25) is 0 Å². The van der Waals surface area contributed by atoms with Crippen LogP contribution in [-0.4, -0.2) is 10.5 Å². The highest BCUT2D eigenvalue weighted by Crippen LogP contribution is 2.00. The standard InChI is InChI=1S/C8H10O2S/c1-11(9)10-7-8-5-3-2-4-6-8/h2-6H,7H2,1H3. The minimum atomic E-state index is -1.17. The molecule has 0 amide bonds. The molecule has 0 aliphatic rings. The second-order valence-electron chi connectivity index (χ2n) is 2.15. The fraction of sp³-hybridized carbons (Fsp3) is 0.250. The van der Waals surface area contributed by atoms with Crippen LogP contribution in [0.4, 0.5) is 0 Å². The molecule has 0 saturated heterocycles. The van der Waals surface area contributed by atoms with Crippen molar-refractivity contribution in [3.8, 4) is 0 Å². The lowest BCUT2D eigenvalue weighted by Gasteiger charge is -1.98. The van der Waals surface area contributed by atoms with E-state index in [2.05, 4.69) is 0 Å². The summed E-state index contributed by atoms with van der Waals surface area (Å²) in [4.78, 5) is 0. The molecular formula is C8H10O2S. The third-order valence-corrected chi connectivity index (χ3v) is 1.68. The molecule has 0 spiro atoms.